The maximum atomic E-state index is 6.38. The molecule has 1 heterocycles. The zero-order chi connectivity index (χ0) is 22.3. The number of benzene rings is 3. The highest BCUT2D eigenvalue weighted by molar-refractivity contribution is 8.03. The minimum atomic E-state index is -0.631. The van der Waals surface area contributed by atoms with Gasteiger partial charge in [0.15, 0.2) is 0 Å². The van der Waals surface area contributed by atoms with Crippen molar-refractivity contribution in [3.8, 4) is 0 Å². The van der Waals surface area contributed by atoms with Gasteiger partial charge in [-0.25, -0.2) is 4.99 Å². The van der Waals surface area contributed by atoms with Gasteiger partial charge in [0.25, 0.3) is 0 Å². The van der Waals surface area contributed by atoms with E-state index in [1.54, 1.807) is 11.8 Å². The van der Waals surface area contributed by atoms with E-state index in [0.29, 0.717) is 12.7 Å². The summed E-state index contributed by atoms with van der Waals surface area (Å²) in [7, 11) is 0. The maximum absolute atomic E-state index is 6.38. The quantitative estimate of drug-likeness (QED) is 0.391. The van der Waals surface area contributed by atoms with Crippen molar-refractivity contribution < 1.29 is 4.74 Å². The number of hydrogen-bond donors (Lipinski definition) is 1. The van der Waals surface area contributed by atoms with Crippen LogP contribution in [0.3, 0.4) is 0 Å². The Balaban J connectivity index is 1.54. The molecule has 0 bridgehead atoms. The molecule has 1 N–H and O–H groups in total. The largest absolute Gasteiger partial charge is 0.374 e. The lowest BCUT2D eigenvalue weighted by Gasteiger charge is -2.30. The zero-order valence-corrected chi connectivity index (χ0v) is 19.6. The van der Waals surface area contributed by atoms with Crippen molar-refractivity contribution in [3.05, 3.63) is 119 Å². The van der Waals surface area contributed by atoms with E-state index in [1.165, 1.54) is 37.7 Å². The molecule has 0 aromatic heterocycles. The van der Waals surface area contributed by atoms with Crippen LogP contribution in [-0.2, 0) is 16.3 Å². The molecular weight excluding hydrogens is 424 g/mol. The summed E-state index contributed by atoms with van der Waals surface area (Å²) in [6, 6.07) is 29.5. The standard InChI is InChI=1S/C29H30N2OS/c1-4-12-23(13-5-1)28(24-14-6-2-7-15-24)31-29(30-20-21-33-29)27-19-11-10-16-25(27)22-32-26-17-8-3-9-18-26/h1-2,4-7,10-16,19-21,26,30H,3,8-9,17-18,22H2. The molecule has 1 atom stereocenters. The Kier molecular flexibility index (Phi) is 6.94. The molecule has 4 heteroatoms. The third-order valence-electron chi connectivity index (χ3n) is 6.36. The van der Waals surface area contributed by atoms with Crippen LogP contribution in [0, 0.1) is 0 Å². The number of hydrogen-bond acceptors (Lipinski definition) is 4. The van der Waals surface area contributed by atoms with Gasteiger partial charge in [0.2, 0.25) is 4.99 Å². The molecule has 0 amide bonds. The second-order valence-corrected chi connectivity index (χ2v) is 9.73. The molecule has 1 fully saturated rings. The van der Waals surface area contributed by atoms with Crippen LogP contribution in [0.4, 0.5) is 0 Å². The Morgan fingerprint density at radius 1 is 0.848 bits per heavy atom. The van der Waals surface area contributed by atoms with Gasteiger partial charge in [-0.3, -0.25) is 0 Å². The van der Waals surface area contributed by atoms with Crippen molar-refractivity contribution in [2.75, 3.05) is 0 Å². The van der Waals surface area contributed by atoms with Gasteiger partial charge in [0.05, 0.1) is 18.4 Å². The van der Waals surface area contributed by atoms with E-state index >= 15 is 0 Å². The van der Waals surface area contributed by atoms with Crippen molar-refractivity contribution in [1.82, 2.24) is 5.32 Å². The van der Waals surface area contributed by atoms with Gasteiger partial charge < -0.3 is 10.1 Å². The van der Waals surface area contributed by atoms with Gasteiger partial charge in [0, 0.05) is 22.9 Å². The molecule has 33 heavy (non-hydrogen) atoms. The monoisotopic (exact) mass is 454 g/mol. The molecule has 3 aromatic rings. The summed E-state index contributed by atoms with van der Waals surface area (Å²) < 4.78 is 6.38. The highest BCUT2D eigenvalue weighted by Crippen LogP contribution is 2.42. The van der Waals surface area contributed by atoms with Crippen LogP contribution >= 0.6 is 11.8 Å². The Morgan fingerprint density at radius 3 is 2.12 bits per heavy atom. The van der Waals surface area contributed by atoms with E-state index in [9.17, 15) is 0 Å². The lowest BCUT2D eigenvalue weighted by Crippen LogP contribution is -2.33. The highest BCUT2D eigenvalue weighted by Gasteiger charge is 2.36. The lowest BCUT2D eigenvalue weighted by molar-refractivity contribution is 0.0163. The van der Waals surface area contributed by atoms with Crippen LogP contribution in [0.5, 0.6) is 0 Å². The zero-order valence-electron chi connectivity index (χ0n) is 18.8. The molecule has 0 spiro atoms. The van der Waals surface area contributed by atoms with E-state index in [2.05, 4.69) is 83.5 Å². The molecule has 1 saturated carbocycles. The Morgan fingerprint density at radius 2 is 1.48 bits per heavy atom. The fourth-order valence-electron chi connectivity index (χ4n) is 4.64. The van der Waals surface area contributed by atoms with Crippen LogP contribution in [-0.4, -0.2) is 11.8 Å². The van der Waals surface area contributed by atoms with Crippen LogP contribution in [0.25, 0.3) is 0 Å². The molecule has 1 aliphatic carbocycles. The normalized spacial score (nSPS) is 20.4. The number of ether oxygens (including phenoxy) is 1. The Bertz CT molecular complexity index is 1060. The van der Waals surface area contributed by atoms with Crippen molar-refractivity contribution in [3.63, 3.8) is 0 Å². The van der Waals surface area contributed by atoms with Crippen LogP contribution in [0.2, 0.25) is 0 Å². The summed E-state index contributed by atoms with van der Waals surface area (Å²) in [5.74, 6) is 0. The SMILES string of the molecule is C1=CSC(N=C(c2ccccc2)c2ccccc2)(c2ccccc2COC2CCCCC2)N1. The molecule has 0 radical (unpaired) electrons. The number of thioether (sulfide) groups is 1. The predicted molar refractivity (Wildman–Crippen MR) is 138 cm³/mol. The second kappa shape index (κ2) is 10.4. The molecule has 1 unspecified atom stereocenters. The highest BCUT2D eigenvalue weighted by atomic mass is 32.2. The second-order valence-electron chi connectivity index (χ2n) is 8.63. The van der Waals surface area contributed by atoms with Crippen molar-refractivity contribution in [2.45, 2.75) is 49.8 Å². The number of nitrogens with one attached hydrogen (secondary N) is 1. The van der Waals surface area contributed by atoms with Crippen LogP contribution < -0.4 is 5.32 Å². The summed E-state index contributed by atoms with van der Waals surface area (Å²) >= 11 is 1.70. The summed E-state index contributed by atoms with van der Waals surface area (Å²) in [5.41, 5.74) is 5.53. The lowest BCUT2D eigenvalue weighted by atomic mass is 9.97. The first-order chi connectivity index (χ1) is 16.3. The molecule has 1 aliphatic heterocycles. The van der Waals surface area contributed by atoms with E-state index in [1.807, 2.05) is 18.3 Å². The predicted octanol–water partition coefficient (Wildman–Crippen LogP) is 6.99. The number of rotatable bonds is 7. The fourth-order valence-corrected chi connectivity index (χ4v) is 5.57. The van der Waals surface area contributed by atoms with Gasteiger partial charge in [-0.15, -0.1) is 0 Å². The van der Waals surface area contributed by atoms with E-state index < -0.39 is 4.99 Å². The van der Waals surface area contributed by atoms with Crippen LogP contribution in [0.15, 0.2) is 102 Å². The average molecular weight is 455 g/mol. The number of aliphatic imine (C=N–C) groups is 1. The van der Waals surface area contributed by atoms with E-state index in [4.69, 9.17) is 9.73 Å². The first kappa shape index (κ1) is 22.0. The molecule has 2 aliphatic rings. The number of nitrogens with zero attached hydrogens (tertiary/aromatic N) is 1. The van der Waals surface area contributed by atoms with Crippen molar-refractivity contribution in [1.29, 1.82) is 0 Å². The maximum Gasteiger partial charge on any atom is 0.208 e. The van der Waals surface area contributed by atoms with E-state index in [-0.39, 0.29) is 0 Å². The first-order valence-corrected chi connectivity index (χ1v) is 12.7. The Labute approximate surface area is 201 Å². The molecule has 0 saturated heterocycles. The molecule has 5 rings (SSSR count). The molecular formula is C29H30N2OS. The topological polar surface area (TPSA) is 33.6 Å². The molecule has 168 valence electrons. The summed E-state index contributed by atoms with van der Waals surface area (Å²) in [4.78, 5) is 4.79. The third kappa shape index (κ3) is 5.07. The van der Waals surface area contributed by atoms with Crippen molar-refractivity contribution >= 4 is 17.5 Å². The third-order valence-corrected chi connectivity index (χ3v) is 7.40. The molecule has 3 nitrogen and oxygen atoms in total. The van der Waals surface area contributed by atoms with Crippen molar-refractivity contribution in [2.24, 2.45) is 4.99 Å². The molecule has 3 aromatic carbocycles. The summed E-state index contributed by atoms with van der Waals surface area (Å²) in [6.07, 6.45) is 8.61. The van der Waals surface area contributed by atoms with Gasteiger partial charge in [-0.1, -0.05) is 116 Å². The average Bonchev–Trinajstić information content (AvgIpc) is 3.38. The summed E-state index contributed by atoms with van der Waals surface area (Å²) in [5, 5.41) is 5.67. The van der Waals surface area contributed by atoms with E-state index in [0.717, 1.165) is 22.4 Å². The van der Waals surface area contributed by atoms with Gasteiger partial charge >= 0.3 is 0 Å². The fraction of sp³-hybridized carbons (Fsp3) is 0.276. The van der Waals surface area contributed by atoms with Gasteiger partial charge in [-0.2, -0.15) is 0 Å². The minimum Gasteiger partial charge on any atom is -0.374 e. The summed E-state index contributed by atoms with van der Waals surface area (Å²) in [6.45, 7) is 0.617. The van der Waals surface area contributed by atoms with Gasteiger partial charge in [0.1, 0.15) is 0 Å². The van der Waals surface area contributed by atoms with Gasteiger partial charge in [-0.05, 0) is 23.8 Å². The minimum absolute atomic E-state index is 0.373. The van der Waals surface area contributed by atoms with Crippen LogP contribution in [0.1, 0.15) is 54.4 Å². The smallest absolute Gasteiger partial charge is 0.208 e. The Hall–Kier alpha value is -2.82. The first-order valence-electron chi connectivity index (χ1n) is 11.9.